The quantitative estimate of drug-likeness (QED) is 0.158. The van der Waals surface area contributed by atoms with Crippen LogP contribution in [0.2, 0.25) is 0 Å². The standard InChI is InChI=1S/C32H35FN6O2/c1-4-22-16-27(36-26-11-8-23(9-12-26)24-6-5-7-28(40)17-24)13-10-25(22)18-35-38-32-34-19-29(33)31(37-32)39-14-15-41-20-30(39)21(2)3/h5-13,16-19,21,30,36,40H,4,14-15,20H2,1-3H3,(H,34,37,38)/b35-18+. The van der Waals surface area contributed by atoms with Crippen molar-refractivity contribution in [3.05, 3.63) is 89.9 Å². The monoisotopic (exact) mass is 554 g/mol. The zero-order chi connectivity index (χ0) is 28.8. The van der Waals surface area contributed by atoms with Crippen LogP contribution in [0.15, 0.2) is 78.0 Å². The third-order valence-corrected chi connectivity index (χ3v) is 7.18. The molecular weight excluding hydrogens is 519 g/mol. The van der Waals surface area contributed by atoms with Gasteiger partial charge in [0.25, 0.3) is 0 Å². The third-order valence-electron chi connectivity index (χ3n) is 7.18. The minimum absolute atomic E-state index is 0.0417. The van der Waals surface area contributed by atoms with Gasteiger partial charge in [-0.25, -0.2) is 14.8 Å². The SMILES string of the molecule is CCc1cc(Nc2ccc(-c3cccc(O)c3)cc2)ccc1/C=N/Nc1ncc(F)c(N2CCOCC2C(C)C)n1. The van der Waals surface area contributed by atoms with Gasteiger partial charge in [-0.05, 0) is 71.0 Å². The Kier molecular flexibility index (Phi) is 8.74. The van der Waals surface area contributed by atoms with Crippen LogP contribution in [0.25, 0.3) is 11.1 Å². The molecule has 3 aromatic carbocycles. The van der Waals surface area contributed by atoms with Gasteiger partial charge in [0, 0.05) is 17.9 Å². The maximum absolute atomic E-state index is 14.7. The summed E-state index contributed by atoms with van der Waals surface area (Å²) in [5.74, 6) is 0.570. The number of phenolic OH excluding ortho intramolecular Hbond substituents is 1. The van der Waals surface area contributed by atoms with Crippen molar-refractivity contribution in [1.29, 1.82) is 0 Å². The molecule has 1 aliphatic heterocycles. The Morgan fingerprint density at radius 1 is 1.10 bits per heavy atom. The van der Waals surface area contributed by atoms with Crippen molar-refractivity contribution >= 4 is 29.4 Å². The first-order valence-corrected chi connectivity index (χ1v) is 13.9. The van der Waals surface area contributed by atoms with Crippen LogP contribution in [0.1, 0.15) is 31.9 Å². The van der Waals surface area contributed by atoms with Crippen LogP contribution >= 0.6 is 0 Å². The highest BCUT2D eigenvalue weighted by molar-refractivity contribution is 5.83. The summed E-state index contributed by atoms with van der Waals surface area (Å²) in [5.41, 5.74) is 8.86. The Labute approximate surface area is 239 Å². The minimum Gasteiger partial charge on any atom is -0.508 e. The van der Waals surface area contributed by atoms with E-state index in [0.717, 1.165) is 40.0 Å². The van der Waals surface area contributed by atoms with E-state index in [9.17, 15) is 9.50 Å². The molecule has 0 aliphatic carbocycles. The second kappa shape index (κ2) is 12.8. The summed E-state index contributed by atoms with van der Waals surface area (Å²) < 4.78 is 20.3. The summed E-state index contributed by atoms with van der Waals surface area (Å²) in [6.45, 7) is 7.92. The lowest BCUT2D eigenvalue weighted by Crippen LogP contribution is -2.49. The summed E-state index contributed by atoms with van der Waals surface area (Å²) >= 11 is 0. The van der Waals surface area contributed by atoms with Crippen molar-refractivity contribution in [2.75, 3.05) is 35.4 Å². The summed E-state index contributed by atoms with van der Waals surface area (Å²) in [7, 11) is 0. The van der Waals surface area contributed by atoms with Gasteiger partial charge in [-0.3, -0.25) is 0 Å². The Bertz CT molecular complexity index is 1510. The van der Waals surface area contributed by atoms with Gasteiger partial charge in [-0.2, -0.15) is 10.1 Å². The van der Waals surface area contributed by atoms with Crippen molar-refractivity contribution in [2.45, 2.75) is 33.2 Å². The molecule has 212 valence electrons. The fourth-order valence-corrected chi connectivity index (χ4v) is 4.92. The smallest absolute Gasteiger partial charge is 0.245 e. The van der Waals surface area contributed by atoms with E-state index in [1.165, 1.54) is 6.20 Å². The third kappa shape index (κ3) is 6.81. The molecule has 1 aliphatic rings. The van der Waals surface area contributed by atoms with Crippen LogP contribution in [0.4, 0.5) is 27.5 Å². The first-order chi connectivity index (χ1) is 19.9. The maximum atomic E-state index is 14.7. The lowest BCUT2D eigenvalue weighted by Gasteiger charge is -2.38. The van der Waals surface area contributed by atoms with Crippen LogP contribution in [-0.2, 0) is 11.2 Å². The zero-order valence-electron chi connectivity index (χ0n) is 23.5. The molecule has 0 amide bonds. The first kappa shape index (κ1) is 28.0. The molecule has 4 aromatic rings. The number of hydrogen-bond donors (Lipinski definition) is 3. The van der Waals surface area contributed by atoms with Crippen LogP contribution in [0.3, 0.4) is 0 Å². The number of aromatic nitrogens is 2. The van der Waals surface area contributed by atoms with Crippen LogP contribution in [0, 0.1) is 11.7 Å². The van der Waals surface area contributed by atoms with Crippen LogP contribution < -0.4 is 15.6 Å². The molecular formula is C32H35FN6O2. The molecule has 2 heterocycles. The number of anilines is 4. The molecule has 1 saturated heterocycles. The number of ether oxygens (including phenoxy) is 1. The van der Waals surface area contributed by atoms with Crippen molar-refractivity contribution in [1.82, 2.24) is 9.97 Å². The maximum Gasteiger partial charge on any atom is 0.245 e. The number of benzene rings is 3. The second-order valence-electron chi connectivity index (χ2n) is 10.3. The summed E-state index contributed by atoms with van der Waals surface area (Å²) in [5, 5.41) is 17.6. The van der Waals surface area contributed by atoms with Crippen LogP contribution in [-0.4, -0.2) is 47.1 Å². The zero-order valence-corrected chi connectivity index (χ0v) is 23.5. The van der Waals surface area contributed by atoms with Gasteiger partial charge in [-0.15, -0.1) is 0 Å². The summed E-state index contributed by atoms with van der Waals surface area (Å²) in [6, 6.07) is 21.4. The van der Waals surface area contributed by atoms with Crippen molar-refractivity contribution < 1.29 is 14.2 Å². The van der Waals surface area contributed by atoms with Crippen molar-refractivity contribution in [3.8, 4) is 16.9 Å². The van der Waals surface area contributed by atoms with E-state index in [0.29, 0.717) is 19.8 Å². The molecule has 8 nitrogen and oxygen atoms in total. The molecule has 5 rings (SSSR count). The normalized spacial score (nSPS) is 15.4. The van der Waals surface area contributed by atoms with E-state index >= 15 is 0 Å². The Balaban J connectivity index is 1.26. The van der Waals surface area contributed by atoms with Gasteiger partial charge in [0.05, 0.1) is 31.7 Å². The predicted octanol–water partition coefficient (Wildman–Crippen LogP) is 6.60. The summed E-state index contributed by atoms with van der Waals surface area (Å²) in [6.07, 6.45) is 3.73. The van der Waals surface area contributed by atoms with Gasteiger partial charge in [-0.1, -0.05) is 51.1 Å². The first-order valence-electron chi connectivity index (χ1n) is 13.9. The number of halogens is 1. The number of phenols is 1. The fourth-order valence-electron chi connectivity index (χ4n) is 4.92. The lowest BCUT2D eigenvalue weighted by molar-refractivity contribution is 0.0798. The Morgan fingerprint density at radius 2 is 1.90 bits per heavy atom. The molecule has 41 heavy (non-hydrogen) atoms. The topological polar surface area (TPSA) is 94.9 Å². The molecule has 0 bridgehead atoms. The highest BCUT2D eigenvalue weighted by Gasteiger charge is 2.29. The van der Waals surface area contributed by atoms with Gasteiger partial charge < -0.3 is 20.1 Å². The van der Waals surface area contributed by atoms with Gasteiger partial charge >= 0.3 is 0 Å². The number of aryl methyl sites for hydroxylation is 1. The molecule has 1 atom stereocenters. The number of hydrogen-bond acceptors (Lipinski definition) is 8. The predicted molar refractivity (Wildman–Crippen MR) is 163 cm³/mol. The molecule has 3 N–H and O–H groups in total. The molecule has 1 fully saturated rings. The van der Waals surface area contributed by atoms with Crippen molar-refractivity contribution in [2.24, 2.45) is 11.0 Å². The van der Waals surface area contributed by atoms with Gasteiger partial charge in [0.15, 0.2) is 11.6 Å². The molecule has 1 aromatic heterocycles. The van der Waals surface area contributed by atoms with E-state index in [1.807, 2.05) is 53.4 Å². The van der Waals surface area contributed by atoms with Crippen LogP contribution in [0.5, 0.6) is 5.75 Å². The van der Waals surface area contributed by atoms with Gasteiger partial charge in [0.1, 0.15) is 5.75 Å². The van der Waals surface area contributed by atoms with E-state index in [4.69, 9.17) is 4.74 Å². The second-order valence-corrected chi connectivity index (χ2v) is 10.3. The van der Waals surface area contributed by atoms with Gasteiger partial charge in [0.2, 0.25) is 5.95 Å². The van der Waals surface area contributed by atoms with E-state index in [2.05, 4.69) is 52.6 Å². The van der Waals surface area contributed by atoms with E-state index in [-0.39, 0.29) is 29.5 Å². The highest BCUT2D eigenvalue weighted by atomic mass is 19.1. The molecule has 1 unspecified atom stereocenters. The number of nitrogens with zero attached hydrogens (tertiary/aromatic N) is 4. The van der Waals surface area contributed by atoms with E-state index in [1.54, 1.807) is 18.3 Å². The summed E-state index contributed by atoms with van der Waals surface area (Å²) in [4.78, 5) is 10.5. The fraction of sp³-hybridized carbons (Fsp3) is 0.281. The Morgan fingerprint density at radius 3 is 2.66 bits per heavy atom. The number of hydrazone groups is 1. The average Bonchev–Trinajstić information content (AvgIpc) is 2.99. The number of nitrogens with one attached hydrogen (secondary N) is 2. The Hall–Kier alpha value is -4.50. The van der Waals surface area contributed by atoms with E-state index < -0.39 is 5.82 Å². The number of rotatable bonds is 9. The molecule has 0 spiro atoms. The highest BCUT2D eigenvalue weighted by Crippen LogP contribution is 2.27. The number of aromatic hydroxyl groups is 1. The minimum atomic E-state index is -0.461. The molecule has 9 heteroatoms. The molecule has 0 radical (unpaired) electrons. The number of morpholine rings is 1. The largest absolute Gasteiger partial charge is 0.508 e. The average molecular weight is 555 g/mol. The molecule has 0 saturated carbocycles. The van der Waals surface area contributed by atoms with Crippen molar-refractivity contribution in [3.63, 3.8) is 0 Å². The lowest BCUT2D eigenvalue weighted by atomic mass is 10.0.